The van der Waals surface area contributed by atoms with E-state index < -0.39 is 0 Å². The Bertz CT molecular complexity index is 844. The molecule has 6 nitrogen and oxygen atoms in total. The first-order valence-electron chi connectivity index (χ1n) is 10.6. The first kappa shape index (κ1) is 21.1. The molecule has 1 N–H and O–H groups in total. The van der Waals surface area contributed by atoms with Gasteiger partial charge in [0.15, 0.2) is 6.61 Å². The SMILES string of the molecule is CCNC(=O)COC(=O)CCCC1CCN(c2ccc3cc(C)ccc3n2)CC1. The van der Waals surface area contributed by atoms with Crippen molar-refractivity contribution in [3.05, 3.63) is 35.9 Å². The van der Waals surface area contributed by atoms with E-state index in [1.807, 2.05) is 6.92 Å². The zero-order chi connectivity index (χ0) is 20.6. The molecule has 1 saturated heterocycles. The first-order valence-corrected chi connectivity index (χ1v) is 10.6. The number of ether oxygens (including phenoxy) is 1. The first-order chi connectivity index (χ1) is 14.0. The van der Waals surface area contributed by atoms with Gasteiger partial charge in [-0.25, -0.2) is 4.98 Å². The number of carbonyl (C=O) groups is 2. The van der Waals surface area contributed by atoms with Crippen molar-refractivity contribution in [2.24, 2.45) is 5.92 Å². The van der Waals surface area contributed by atoms with Crippen LogP contribution in [0.2, 0.25) is 0 Å². The van der Waals surface area contributed by atoms with E-state index in [2.05, 4.69) is 47.5 Å². The molecule has 3 rings (SSSR count). The maximum atomic E-state index is 11.7. The molecule has 0 radical (unpaired) electrons. The molecule has 156 valence electrons. The number of carbonyl (C=O) groups excluding carboxylic acids is 2. The maximum Gasteiger partial charge on any atom is 0.306 e. The molecule has 0 unspecified atom stereocenters. The summed E-state index contributed by atoms with van der Waals surface area (Å²) in [5.41, 5.74) is 2.29. The minimum atomic E-state index is -0.288. The summed E-state index contributed by atoms with van der Waals surface area (Å²) >= 11 is 0. The third kappa shape index (κ3) is 6.17. The average molecular weight is 398 g/mol. The molecule has 29 heavy (non-hydrogen) atoms. The number of anilines is 1. The monoisotopic (exact) mass is 397 g/mol. The standard InChI is InChI=1S/C23H31N3O3/c1-3-24-22(27)16-29-23(28)6-4-5-18-11-13-26(14-12-18)21-10-8-19-15-17(2)7-9-20(19)25-21/h7-10,15,18H,3-6,11-14,16H2,1-2H3,(H,24,27). The summed E-state index contributed by atoms with van der Waals surface area (Å²) in [5.74, 6) is 1.15. The number of nitrogens with one attached hydrogen (secondary N) is 1. The molecule has 0 atom stereocenters. The van der Waals surface area contributed by atoms with Crippen molar-refractivity contribution < 1.29 is 14.3 Å². The fraction of sp³-hybridized carbons (Fsp3) is 0.522. The van der Waals surface area contributed by atoms with Crippen molar-refractivity contribution in [1.29, 1.82) is 0 Å². The van der Waals surface area contributed by atoms with Crippen LogP contribution >= 0.6 is 0 Å². The summed E-state index contributed by atoms with van der Waals surface area (Å²) in [6.45, 7) is 6.29. The van der Waals surface area contributed by atoms with Gasteiger partial charge in [-0.2, -0.15) is 0 Å². The lowest BCUT2D eigenvalue weighted by molar-refractivity contribution is -0.148. The maximum absolute atomic E-state index is 11.7. The molecular formula is C23H31N3O3. The second kappa shape index (κ2) is 10.2. The van der Waals surface area contributed by atoms with E-state index >= 15 is 0 Å². The molecule has 6 heteroatoms. The van der Waals surface area contributed by atoms with Gasteiger partial charge in [-0.15, -0.1) is 0 Å². The van der Waals surface area contributed by atoms with Gasteiger partial charge in [-0.1, -0.05) is 11.6 Å². The summed E-state index contributed by atoms with van der Waals surface area (Å²) in [4.78, 5) is 30.2. The van der Waals surface area contributed by atoms with E-state index in [0.29, 0.717) is 18.9 Å². The van der Waals surface area contributed by atoms with Crippen molar-refractivity contribution in [2.75, 3.05) is 31.1 Å². The number of nitrogens with zero attached hydrogens (tertiary/aromatic N) is 2. The summed E-state index contributed by atoms with van der Waals surface area (Å²) < 4.78 is 5.00. The Hall–Kier alpha value is -2.63. The van der Waals surface area contributed by atoms with Gasteiger partial charge >= 0.3 is 5.97 Å². The molecule has 2 heterocycles. The number of likely N-dealkylation sites (N-methyl/N-ethyl adjacent to an activating group) is 1. The molecule has 1 aromatic heterocycles. The topological polar surface area (TPSA) is 71.5 Å². The number of benzene rings is 1. The Balaban J connectivity index is 1.39. The van der Waals surface area contributed by atoms with E-state index in [1.54, 1.807) is 0 Å². The second-order valence-electron chi connectivity index (χ2n) is 7.80. The molecular weight excluding hydrogens is 366 g/mol. The van der Waals surface area contributed by atoms with Crippen LogP contribution in [0.5, 0.6) is 0 Å². The number of fused-ring (bicyclic) bond motifs is 1. The van der Waals surface area contributed by atoms with Crippen LogP contribution in [0.3, 0.4) is 0 Å². The number of piperidine rings is 1. The van der Waals surface area contributed by atoms with Gasteiger partial charge in [0.1, 0.15) is 5.82 Å². The van der Waals surface area contributed by atoms with Crippen LogP contribution in [0.4, 0.5) is 5.82 Å². The Morgan fingerprint density at radius 3 is 2.76 bits per heavy atom. The summed E-state index contributed by atoms with van der Waals surface area (Å²) in [5, 5.41) is 3.80. The molecule has 2 aromatic rings. The van der Waals surface area contributed by atoms with E-state index in [4.69, 9.17) is 9.72 Å². The minimum absolute atomic E-state index is 0.177. The van der Waals surface area contributed by atoms with E-state index in [-0.39, 0.29) is 18.5 Å². The number of aryl methyl sites for hydroxylation is 1. The molecule has 0 spiro atoms. The second-order valence-corrected chi connectivity index (χ2v) is 7.80. The summed E-state index contributed by atoms with van der Waals surface area (Å²) in [6, 6.07) is 10.6. The van der Waals surface area contributed by atoms with E-state index in [0.717, 1.165) is 50.1 Å². The van der Waals surface area contributed by atoms with Crippen LogP contribution in [0, 0.1) is 12.8 Å². The molecule has 0 bridgehead atoms. The predicted octanol–water partition coefficient (Wildman–Crippen LogP) is 3.61. The average Bonchev–Trinajstić information content (AvgIpc) is 2.72. The van der Waals surface area contributed by atoms with Gasteiger partial charge in [0, 0.05) is 31.4 Å². The van der Waals surface area contributed by atoms with Crippen molar-refractivity contribution >= 4 is 28.6 Å². The zero-order valence-corrected chi connectivity index (χ0v) is 17.4. The Kier molecular flexibility index (Phi) is 7.44. The van der Waals surface area contributed by atoms with Crippen molar-refractivity contribution in [2.45, 2.75) is 46.0 Å². The van der Waals surface area contributed by atoms with Crippen molar-refractivity contribution in [3.8, 4) is 0 Å². The highest BCUT2D eigenvalue weighted by Crippen LogP contribution is 2.27. The highest BCUT2D eigenvalue weighted by atomic mass is 16.5. The number of esters is 1. The fourth-order valence-corrected chi connectivity index (χ4v) is 3.86. The quantitative estimate of drug-likeness (QED) is 0.689. The van der Waals surface area contributed by atoms with Gasteiger partial charge in [-0.05, 0) is 69.7 Å². The highest BCUT2D eigenvalue weighted by molar-refractivity contribution is 5.81. The molecule has 0 aliphatic carbocycles. The number of rotatable bonds is 8. The van der Waals surface area contributed by atoms with Crippen LogP contribution in [0.25, 0.3) is 10.9 Å². The lowest BCUT2D eigenvalue weighted by atomic mass is 9.91. The molecule has 1 aliphatic rings. The Morgan fingerprint density at radius 2 is 2.00 bits per heavy atom. The molecule has 1 aromatic carbocycles. The fourth-order valence-electron chi connectivity index (χ4n) is 3.86. The number of hydrogen-bond donors (Lipinski definition) is 1. The smallest absolute Gasteiger partial charge is 0.306 e. The van der Waals surface area contributed by atoms with Gasteiger partial charge < -0.3 is 15.0 Å². The van der Waals surface area contributed by atoms with Crippen LogP contribution in [-0.4, -0.2) is 43.1 Å². The third-order valence-electron chi connectivity index (χ3n) is 5.50. The van der Waals surface area contributed by atoms with Crippen molar-refractivity contribution in [1.82, 2.24) is 10.3 Å². The van der Waals surface area contributed by atoms with Gasteiger partial charge in [0.25, 0.3) is 5.91 Å². The third-order valence-corrected chi connectivity index (χ3v) is 5.50. The van der Waals surface area contributed by atoms with Gasteiger partial charge in [0.2, 0.25) is 0 Å². The Labute approximate surface area is 172 Å². The largest absolute Gasteiger partial charge is 0.456 e. The van der Waals surface area contributed by atoms with Crippen LogP contribution in [-0.2, 0) is 14.3 Å². The zero-order valence-electron chi connectivity index (χ0n) is 17.4. The van der Waals surface area contributed by atoms with Crippen LogP contribution in [0.1, 0.15) is 44.6 Å². The molecule has 1 amide bonds. The molecule has 1 aliphatic heterocycles. The van der Waals surface area contributed by atoms with E-state index in [1.165, 1.54) is 10.9 Å². The molecule has 1 fully saturated rings. The normalized spacial score (nSPS) is 14.8. The van der Waals surface area contributed by atoms with Gasteiger partial charge in [0.05, 0.1) is 5.52 Å². The summed E-state index contributed by atoms with van der Waals surface area (Å²) in [7, 11) is 0. The predicted molar refractivity (Wildman–Crippen MR) is 115 cm³/mol. The van der Waals surface area contributed by atoms with Gasteiger partial charge in [-0.3, -0.25) is 9.59 Å². The van der Waals surface area contributed by atoms with Crippen molar-refractivity contribution in [3.63, 3.8) is 0 Å². The van der Waals surface area contributed by atoms with Crippen LogP contribution in [0.15, 0.2) is 30.3 Å². The Morgan fingerprint density at radius 1 is 1.21 bits per heavy atom. The van der Waals surface area contributed by atoms with Crippen LogP contribution < -0.4 is 10.2 Å². The van der Waals surface area contributed by atoms with E-state index in [9.17, 15) is 9.59 Å². The lowest BCUT2D eigenvalue weighted by Gasteiger charge is -2.33. The number of aromatic nitrogens is 1. The lowest BCUT2D eigenvalue weighted by Crippen LogP contribution is -2.34. The number of amides is 1. The highest BCUT2D eigenvalue weighted by Gasteiger charge is 2.20. The number of hydrogen-bond acceptors (Lipinski definition) is 5. The minimum Gasteiger partial charge on any atom is -0.456 e. The summed E-state index contributed by atoms with van der Waals surface area (Å²) in [6.07, 6.45) is 4.44. The molecule has 0 saturated carbocycles. The number of pyridine rings is 1.